The number of amides is 1. The Morgan fingerprint density at radius 2 is 2.18 bits per heavy atom. The molecule has 0 fully saturated rings. The molecule has 1 amide bonds. The summed E-state index contributed by atoms with van der Waals surface area (Å²) in [5, 5.41) is 1.27. The van der Waals surface area contributed by atoms with Crippen molar-refractivity contribution in [2.75, 3.05) is 14.2 Å². The Bertz CT molecular complexity index is 125. The van der Waals surface area contributed by atoms with E-state index in [1.807, 2.05) is 0 Å². The summed E-state index contributed by atoms with van der Waals surface area (Å²) in [7, 11) is 3.12. The number of hydroxylamine groups is 2. The SMILES string of the molecule is CCC(C)CC(=O)N(C)OC. The summed E-state index contributed by atoms with van der Waals surface area (Å²) in [5.74, 6) is 0.488. The van der Waals surface area contributed by atoms with E-state index < -0.39 is 0 Å². The van der Waals surface area contributed by atoms with Crippen LogP contribution in [0.3, 0.4) is 0 Å². The van der Waals surface area contributed by atoms with Crippen molar-refractivity contribution in [3.63, 3.8) is 0 Å². The largest absolute Gasteiger partial charge is 0.275 e. The third-order valence-corrected chi connectivity index (χ3v) is 1.85. The molecule has 0 bridgehead atoms. The molecule has 0 aliphatic rings. The van der Waals surface area contributed by atoms with Crippen LogP contribution in [-0.2, 0) is 9.63 Å². The van der Waals surface area contributed by atoms with E-state index in [1.165, 1.54) is 12.2 Å². The molecule has 66 valence electrons. The minimum Gasteiger partial charge on any atom is -0.275 e. The van der Waals surface area contributed by atoms with Crippen molar-refractivity contribution in [3.05, 3.63) is 0 Å². The molecule has 0 rings (SSSR count). The molecule has 0 aliphatic carbocycles. The van der Waals surface area contributed by atoms with Gasteiger partial charge in [-0.1, -0.05) is 20.3 Å². The summed E-state index contributed by atoms with van der Waals surface area (Å²) in [5.41, 5.74) is 0. The first-order valence-corrected chi connectivity index (χ1v) is 3.92. The minimum atomic E-state index is 0.0434. The maximum absolute atomic E-state index is 11.1. The lowest BCUT2D eigenvalue weighted by atomic mass is 10.1. The second-order valence-electron chi connectivity index (χ2n) is 2.79. The van der Waals surface area contributed by atoms with Gasteiger partial charge in [-0.25, -0.2) is 5.06 Å². The molecule has 0 aromatic rings. The van der Waals surface area contributed by atoms with Gasteiger partial charge < -0.3 is 0 Å². The van der Waals surface area contributed by atoms with Gasteiger partial charge in [0.25, 0.3) is 0 Å². The summed E-state index contributed by atoms with van der Waals surface area (Å²) in [6.45, 7) is 4.13. The predicted octanol–water partition coefficient (Wildman–Crippen LogP) is 1.44. The van der Waals surface area contributed by atoms with Gasteiger partial charge in [-0.3, -0.25) is 9.63 Å². The Morgan fingerprint density at radius 3 is 2.55 bits per heavy atom. The molecule has 0 saturated carbocycles. The summed E-state index contributed by atoms with van der Waals surface area (Å²) in [6, 6.07) is 0. The number of carbonyl (C=O) groups excluding carboxylic acids is 1. The maximum Gasteiger partial charge on any atom is 0.246 e. The van der Waals surface area contributed by atoms with Gasteiger partial charge >= 0.3 is 0 Å². The molecule has 0 aliphatic heterocycles. The van der Waals surface area contributed by atoms with Crippen LogP contribution in [0.5, 0.6) is 0 Å². The van der Waals surface area contributed by atoms with Crippen LogP contribution in [0.25, 0.3) is 0 Å². The molecule has 0 aromatic heterocycles. The molecular formula is C8H17NO2. The van der Waals surface area contributed by atoms with E-state index in [4.69, 9.17) is 4.84 Å². The van der Waals surface area contributed by atoms with E-state index in [9.17, 15) is 4.79 Å². The van der Waals surface area contributed by atoms with E-state index in [2.05, 4.69) is 13.8 Å². The highest BCUT2D eigenvalue weighted by Gasteiger charge is 2.10. The third kappa shape index (κ3) is 3.98. The quantitative estimate of drug-likeness (QED) is 0.581. The second-order valence-corrected chi connectivity index (χ2v) is 2.79. The summed E-state index contributed by atoms with van der Waals surface area (Å²) in [6.07, 6.45) is 1.60. The zero-order valence-corrected chi connectivity index (χ0v) is 7.76. The average molecular weight is 159 g/mol. The molecular weight excluding hydrogens is 142 g/mol. The van der Waals surface area contributed by atoms with E-state index in [0.29, 0.717) is 12.3 Å². The number of hydrogen-bond donors (Lipinski definition) is 0. The Morgan fingerprint density at radius 1 is 1.64 bits per heavy atom. The Hall–Kier alpha value is -0.570. The lowest BCUT2D eigenvalue weighted by Crippen LogP contribution is -2.26. The molecule has 0 spiro atoms. The zero-order chi connectivity index (χ0) is 8.85. The van der Waals surface area contributed by atoms with Gasteiger partial charge in [0.15, 0.2) is 0 Å². The molecule has 3 heteroatoms. The fourth-order valence-electron chi connectivity index (χ4n) is 0.673. The van der Waals surface area contributed by atoms with Crippen LogP contribution in [-0.4, -0.2) is 25.1 Å². The predicted molar refractivity (Wildman–Crippen MR) is 43.9 cm³/mol. The van der Waals surface area contributed by atoms with Crippen molar-refractivity contribution < 1.29 is 9.63 Å². The van der Waals surface area contributed by atoms with Gasteiger partial charge in [0.1, 0.15) is 0 Å². The highest BCUT2D eigenvalue weighted by Crippen LogP contribution is 2.07. The van der Waals surface area contributed by atoms with Crippen molar-refractivity contribution in [2.24, 2.45) is 5.92 Å². The summed E-state index contributed by atoms with van der Waals surface area (Å²) >= 11 is 0. The van der Waals surface area contributed by atoms with Gasteiger partial charge in [-0.2, -0.15) is 0 Å². The summed E-state index contributed by atoms with van der Waals surface area (Å²) < 4.78 is 0. The fourth-order valence-corrected chi connectivity index (χ4v) is 0.673. The van der Waals surface area contributed by atoms with Gasteiger partial charge in [-0.15, -0.1) is 0 Å². The number of carbonyl (C=O) groups is 1. The van der Waals surface area contributed by atoms with Crippen molar-refractivity contribution in [3.8, 4) is 0 Å². The van der Waals surface area contributed by atoms with Crippen molar-refractivity contribution in [2.45, 2.75) is 26.7 Å². The first-order chi connectivity index (χ1) is 5.11. The molecule has 3 nitrogen and oxygen atoms in total. The van der Waals surface area contributed by atoms with Crippen LogP contribution >= 0.6 is 0 Å². The number of hydrogen-bond acceptors (Lipinski definition) is 2. The van der Waals surface area contributed by atoms with Crippen molar-refractivity contribution >= 4 is 5.91 Å². The van der Waals surface area contributed by atoms with E-state index >= 15 is 0 Å². The molecule has 0 saturated heterocycles. The molecule has 0 N–H and O–H groups in total. The standard InChI is InChI=1S/C8H17NO2/c1-5-7(2)6-8(10)9(3)11-4/h7H,5-6H2,1-4H3. The minimum absolute atomic E-state index is 0.0434. The van der Waals surface area contributed by atoms with Crippen LogP contribution in [0.2, 0.25) is 0 Å². The normalized spacial score (nSPS) is 12.7. The topological polar surface area (TPSA) is 29.5 Å². The maximum atomic E-state index is 11.1. The molecule has 0 radical (unpaired) electrons. The van der Waals surface area contributed by atoms with Gasteiger partial charge in [0.2, 0.25) is 5.91 Å². The van der Waals surface area contributed by atoms with Crippen LogP contribution in [0.1, 0.15) is 26.7 Å². The lowest BCUT2D eigenvalue weighted by Gasteiger charge is -2.15. The average Bonchev–Trinajstić information content (AvgIpc) is 2.02. The molecule has 1 unspecified atom stereocenters. The van der Waals surface area contributed by atoms with E-state index in [1.54, 1.807) is 7.05 Å². The van der Waals surface area contributed by atoms with Gasteiger partial charge in [-0.05, 0) is 5.92 Å². The number of nitrogens with zero attached hydrogens (tertiary/aromatic N) is 1. The Labute approximate surface area is 68.3 Å². The Kier molecular flexibility index (Phi) is 4.86. The highest BCUT2D eigenvalue weighted by atomic mass is 16.7. The molecule has 11 heavy (non-hydrogen) atoms. The van der Waals surface area contributed by atoms with E-state index in [0.717, 1.165) is 6.42 Å². The van der Waals surface area contributed by atoms with Gasteiger partial charge in [0.05, 0.1) is 7.11 Å². The molecule has 0 heterocycles. The van der Waals surface area contributed by atoms with Crippen LogP contribution in [0, 0.1) is 5.92 Å². The third-order valence-electron chi connectivity index (χ3n) is 1.85. The first kappa shape index (κ1) is 10.4. The van der Waals surface area contributed by atoms with Crippen LogP contribution < -0.4 is 0 Å². The molecule has 1 atom stereocenters. The number of rotatable bonds is 4. The van der Waals surface area contributed by atoms with Gasteiger partial charge in [0, 0.05) is 13.5 Å². The summed E-state index contributed by atoms with van der Waals surface area (Å²) in [4.78, 5) is 15.9. The highest BCUT2D eigenvalue weighted by molar-refractivity contribution is 5.74. The fraction of sp³-hybridized carbons (Fsp3) is 0.875. The van der Waals surface area contributed by atoms with Crippen LogP contribution in [0.4, 0.5) is 0 Å². The Balaban J connectivity index is 3.68. The zero-order valence-electron chi connectivity index (χ0n) is 7.76. The van der Waals surface area contributed by atoms with Crippen molar-refractivity contribution in [1.82, 2.24) is 5.06 Å². The second kappa shape index (κ2) is 5.13. The van der Waals surface area contributed by atoms with E-state index in [-0.39, 0.29) is 5.91 Å². The first-order valence-electron chi connectivity index (χ1n) is 3.92. The smallest absolute Gasteiger partial charge is 0.246 e. The van der Waals surface area contributed by atoms with Crippen molar-refractivity contribution in [1.29, 1.82) is 0 Å². The van der Waals surface area contributed by atoms with Crippen LogP contribution in [0.15, 0.2) is 0 Å². The monoisotopic (exact) mass is 159 g/mol. The molecule has 0 aromatic carbocycles. The lowest BCUT2D eigenvalue weighted by molar-refractivity contribution is -0.169.